The fourth-order valence-corrected chi connectivity index (χ4v) is 1.23. The highest BCUT2D eigenvalue weighted by atomic mass is 19.4. The Balaban J connectivity index is 3.33. The number of methoxy groups -OCH3 is 1. The van der Waals surface area contributed by atoms with Gasteiger partial charge in [0.25, 0.3) is 0 Å². The van der Waals surface area contributed by atoms with E-state index in [4.69, 9.17) is 0 Å². The molecule has 0 saturated carbocycles. The molecule has 0 spiro atoms. The molecule has 0 unspecified atom stereocenters. The van der Waals surface area contributed by atoms with E-state index in [0.29, 0.717) is 0 Å². The monoisotopic (exact) mass is 275 g/mol. The Kier molecular flexibility index (Phi) is 3.63. The van der Waals surface area contributed by atoms with Gasteiger partial charge in [-0.15, -0.1) is 13.2 Å². The smallest absolute Gasteiger partial charge is 0.491 e. The lowest BCUT2D eigenvalue weighted by Gasteiger charge is -2.16. The summed E-state index contributed by atoms with van der Waals surface area (Å²) in [5.41, 5.74) is -1.84. The van der Waals surface area contributed by atoms with Gasteiger partial charge in [0.15, 0.2) is 11.5 Å². The molecule has 0 aromatic carbocycles. The molecule has 0 bridgehead atoms. The van der Waals surface area contributed by atoms with Crippen LogP contribution in [0.2, 0.25) is 0 Å². The first-order valence-electron chi connectivity index (χ1n) is 4.43. The summed E-state index contributed by atoms with van der Waals surface area (Å²) in [6, 6.07) is 0.138. The molecule has 0 aliphatic heterocycles. The quantitative estimate of drug-likeness (QED) is 0.776. The molecule has 1 aromatic heterocycles. The fourth-order valence-electron chi connectivity index (χ4n) is 1.23. The minimum atomic E-state index is -5.12. The van der Waals surface area contributed by atoms with Crippen LogP contribution in [0.5, 0.6) is 11.5 Å². The van der Waals surface area contributed by atoms with Crippen molar-refractivity contribution in [2.24, 2.45) is 0 Å². The van der Waals surface area contributed by atoms with E-state index in [1.54, 1.807) is 0 Å². The highest BCUT2D eigenvalue weighted by molar-refractivity contribution is 5.44. The summed E-state index contributed by atoms with van der Waals surface area (Å²) in [6.07, 6.45) is -10.00. The summed E-state index contributed by atoms with van der Waals surface area (Å²) < 4.78 is 81.3. The molecule has 102 valence electrons. The third-order valence-electron chi connectivity index (χ3n) is 1.83. The van der Waals surface area contributed by atoms with Crippen molar-refractivity contribution in [3.63, 3.8) is 0 Å². The molecule has 0 aliphatic carbocycles. The van der Waals surface area contributed by atoms with Gasteiger partial charge in [0.1, 0.15) is 5.69 Å². The zero-order valence-electron chi connectivity index (χ0n) is 9.11. The van der Waals surface area contributed by atoms with Crippen molar-refractivity contribution in [3.05, 3.63) is 17.5 Å². The minimum absolute atomic E-state index is 0.138. The van der Waals surface area contributed by atoms with Crippen LogP contribution in [0.4, 0.5) is 26.3 Å². The van der Waals surface area contributed by atoms with Gasteiger partial charge >= 0.3 is 12.5 Å². The van der Waals surface area contributed by atoms with Crippen molar-refractivity contribution in [2.45, 2.75) is 19.5 Å². The van der Waals surface area contributed by atoms with Crippen molar-refractivity contribution < 1.29 is 35.8 Å². The number of aryl methyl sites for hydroxylation is 1. The molecule has 18 heavy (non-hydrogen) atoms. The first kappa shape index (κ1) is 14.4. The summed E-state index contributed by atoms with van der Waals surface area (Å²) in [4.78, 5) is 3.11. The lowest BCUT2D eigenvalue weighted by Crippen LogP contribution is -2.19. The van der Waals surface area contributed by atoms with Crippen LogP contribution in [0, 0.1) is 6.92 Å². The number of ether oxygens (including phenoxy) is 2. The summed E-state index contributed by atoms with van der Waals surface area (Å²) in [6.45, 7) is 1.08. The average molecular weight is 275 g/mol. The average Bonchev–Trinajstić information content (AvgIpc) is 2.13. The highest BCUT2D eigenvalue weighted by Crippen LogP contribution is 2.38. The Hall–Kier alpha value is -1.67. The standard InChI is InChI=1S/C9H7F6NO2/c1-4-7(17-2)5(18-9(13,14)15)3-6(16-4)8(10,11)12/h3H,1-2H3. The maximum atomic E-state index is 12.4. The number of hydrogen-bond acceptors (Lipinski definition) is 3. The molecule has 0 aliphatic rings. The topological polar surface area (TPSA) is 31.4 Å². The van der Waals surface area contributed by atoms with E-state index in [2.05, 4.69) is 14.5 Å². The lowest BCUT2D eigenvalue weighted by atomic mass is 10.2. The van der Waals surface area contributed by atoms with Crippen molar-refractivity contribution >= 4 is 0 Å². The Labute approximate surface area is 97.3 Å². The van der Waals surface area contributed by atoms with Gasteiger partial charge in [-0.05, 0) is 6.92 Å². The zero-order chi connectivity index (χ0) is 14.1. The Morgan fingerprint density at radius 1 is 1.11 bits per heavy atom. The molecule has 3 nitrogen and oxygen atoms in total. The molecular weight excluding hydrogens is 268 g/mol. The number of hydrogen-bond donors (Lipinski definition) is 0. The molecule has 9 heteroatoms. The third kappa shape index (κ3) is 3.41. The third-order valence-corrected chi connectivity index (χ3v) is 1.83. The minimum Gasteiger partial charge on any atom is -0.491 e. The fraction of sp³-hybridized carbons (Fsp3) is 0.444. The van der Waals surface area contributed by atoms with Gasteiger partial charge in [-0.25, -0.2) is 4.98 Å². The molecular formula is C9H7F6NO2. The number of rotatable bonds is 2. The molecule has 1 rings (SSSR count). The summed E-state index contributed by atoms with van der Waals surface area (Å²) in [7, 11) is 1.00. The second kappa shape index (κ2) is 4.54. The van der Waals surface area contributed by atoms with Gasteiger partial charge in [0, 0.05) is 6.07 Å². The number of aromatic nitrogens is 1. The van der Waals surface area contributed by atoms with Crippen LogP contribution < -0.4 is 9.47 Å². The van der Waals surface area contributed by atoms with E-state index in [1.807, 2.05) is 0 Å². The summed E-state index contributed by atoms with van der Waals surface area (Å²) >= 11 is 0. The van der Waals surface area contributed by atoms with Crippen LogP contribution >= 0.6 is 0 Å². The first-order valence-corrected chi connectivity index (χ1v) is 4.43. The molecule has 0 amide bonds. The number of nitrogens with zero attached hydrogens (tertiary/aromatic N) is 1. The Bertz CT molecular complexity index is 440. The van der Waals surface area contributed by atoms with Gasteiger partial charge in [-0.3, -0.25) is 0 Å². The maximum absolute atomic E-state index is 12.4. The van der Waals surface area contributed by atoms with E-state index >= 15 is 0 Å². The molecule has 0 saturated heterocycles. The second-order valence-corrected chi connectivity index (χ2v) is 3.17. The van der Waals surface area contributed by atoms with E-state index in [1.165, 1.54) is 0 Å². The molecule has 0 radical (unpaired) electrons. The van der Waals surface area contributed by atoms with Crippen molar-refractivity contribution in [1.82, 2.24) is 4.98 Å². The predicted molar refractivity (Wildman–Crippen MR) is 47.2 cm³/mol. The van der Waals surface area contributed by atoms with Crippen LogP contribution in [0.3, 0.4) is 0 Å². The summed E-state index contributed by atoms with van der Waals surface area (Å²) in [5, 5.41) is 0. The molecule has 1 heterocycles. The van der Waals surface area contributed by atoms with Crippen LogP contribution in [-0.4, -0.2) is 18.5 Å². The highest BCUT2D eigenvalue weighted by Gasteiger charge is 2.37. The van der Waals surface area contributed by atoms with Crippen LogP contribution in [-0.2, 0) is 6.18 Å². The molecule has 0 N–H and O–H groups in total. The van der Waals surface area contributed by atoms with Crippen molar-refractivity contribution in [1.29, 1.82) is 0 Å². The van der Waals surface area contributed by atoms with Gasteiger partial charge in [0.2, 0.25) is 0 Å². The zero-order valence-corrected chi connectivity index (χ0v) is 9.11. The van der Waals surface area contributed by atoms with Crippen LogP contribution in [0.15, 0.2) is 6.07 Å². The summed E-state index contributed by atoms with van der Waals surface area (Å²) in [5.74, 6) is -1.58. The van der Waals surface area contributed by atoms with E-state index in [9.17, 15) is 26.3 Å². The SMILES string of the molecule is COc1c(OC(F)(F)F)cc(C(F)(F)F)nc1C. The van der Waals surface area contributed by atoms with E-state index < -0.39 is 29.7 Å². The normalized spacial score (nSPS) is 12.4. The van der Waals surface area contributed by atoms with Gasteiger partial charge in [-0.2, -0.15) is 13.2 Å². The van der Waals surface area contributed by atoms with Crippen LogP contribution in [0.1, 0.15) is 11.4 Å². The van der Waals surface area contributed by atoms with Gasteiger partial charge in [0.05, 0.1) is 12.8 Å². The van der Waals surface area contributed by atoms with E-state index in [-0.39, 0.29) is 11.8 Å². The van der Waals surface area contributed by atoms with Gasteiger partial charge in [-0.1, -0.05) is 0 Å². The number of alkyl halides is 6. The number of halogens is 6. The first-order chi connectivity index (χ1) is 8.04. The van der Waals surface area contributed by atoms with Crippen molar-refractivity contribution in [2.75, 3.05) is 7.11 Å². The maximum Gasteiger partial charge on any atom is 0.573 e. The van der Waals surface area contributed by atoms with Gasteiger partial charge < -0.3 is 9.47 Å². The number of pyridine rings is 1. The lowest BCUT2D eigenvalue weighted by molar-refractivity contribution is -0.275. The predicted octanol–water partition coefficient (Wildman–Crippen LogP) is 3.32. The second-order valence-electron chi connectivity index (χ2n) is 3.17. The molecule has 0 atom stereocenters. The van der Waals surface area contributed by atoms with Crippen molar-refractivity contribution in [3.8, 4) is 11.5 Å². The largest absolute Gasteiger partial charge is 0.573 e. The van der Waals surface area contributed by atoms with Crippen LogP contribution in [0.25, 0.3) is 0 Å². The molecule has 1 aromatic rings. The Morgan fingerprint density at radius 3 is 2.06 bits per heavy atom. The Morgan fingerprint density at radius 2 is 1.67 bits per heavy atom. The van der Waals surface area contributed by atoms with E-state index in [0.717, 1.165) is 14.0 Å². The molecule has 0 fully saturated rings.